The molecule has 1 aliphatic rings. The molecule has 1 atom stereocenters. The maximum Gasteiger partial charge on any atom is 0.225 e. The number of hydrogen-bond acceptors (Lipinski definition) is 4. The molecule has 0 radical (unpaired) electrons. The van der Waals surface area contributed by atoms with Crippen molar-refractivity contribution in [2.24, 2.45) is 0 Å². The number of nitrogen functional groups attached to an aromatic ring is 1. The van der Waals surface area contributed by atoms with Gasteiger partial charge in [-0.3, -0.25) is 4.79 Å². The molecule has 1 unspecified atom stereocenters. The summed E-state index contributed by atoms with van der Waals surface area (Å²) >= 11 is 6.62. The Morgan fingerprint density at radius 1 is 1.32 bits per heavy atom. The molecule has 1 aromatic carbocycles. The van der Waals surface area contributed by atoms with Gasteiger partial charge in [-0.1, -0.05) is 28.1 Å². The molecule has 0 fully saturated rings. The van der Waals surface area contributed by atoms with Gasteiger partial charge in [0.05, 0.1) is 5.69 Å². The van der Waals surface area contributed by atoms with Crippen LogP contribution in [0.25, 0.3) is 0 Å². The fraction of sp³-hybridized carbons (Fsp3) is 0.133. The topological polar surface area (TPSA) is 91.8 Å². The summed E-state index contributed by atoms with van der Waals surface area (Å²) in [4.78, 5) is 16.2. The number of hydrogen-bond donors (Lipinski definition) is 2. The SMILES string of the molecule is N#Cc1c(Br)nc(N)c2c1NC(=O)CC2c1ccc(Br)cc1. The minimum atomic E-state index is -0.218. The third kappa shape index (κ3) is 2.49. The predicted molar refractivity (Wildman–Crippen MR) is 90.3 cm³/mol. The monoisotopic (exact) mass is 420 g/mol. The number of benzene rings is 1. The van der Waals surface area contributed by atoms with Gasteiger partial charge < -0.3 is 11.1 Å². The van der Waals surface area contributed by atoms with Crippen LogP contribution in [0.3, 0.4) is 0 Å². The van der Waals surface area contributed by atoms with E-state index in [0.29, 0.717) is 27.2 Å². The maximum atomic E-state index is 12.1. The standard InChI is InChI=1S/C15H10Br2N4O/c16-8-3-1-7(2-4-8)9-5-11(22)20-13-10(6-18)14(17)21-15(19)12(9)13/h1-4,9H,5H2,(H2,19,21)(H,20,22). The van der Waals surface area contributed by atoms with Crippen LogP contribution in [0.2, 0.25) is 0 Å². The zero-order valence-corrected chi connectivity index (χ0v) is 14.4. The van der Waals surface area contributed by atoms with E-state index in [0.717, 1.165) is 10.0 Å². The van der Waals surface area contributed by atoms with E-state index < -0.39 is 0 Å². The van der Waals surface area contributed by atoms with Gasteiger partial charge in [-0.15, -0.1) is 0 Å². The number of carbonyl (C=O) groups excluding carboxylic acids is 1. The molecular weight excluding hydrogens is 412 g/mol. The van der Waals surface area contributed by atoms with Crippen LogP contribution in [0.1, 0.15) is 29.0 Å². The molecule has 0 saturated carbocycles. The number of rotatable bonds is 1. The molecule has 3 rings (SSSR count). The molecule has 1 aromatic heterocycles. The zero-order chi connectivity index (χ0) is 15.9. The molecule has 0 saturated heterocycles. The number of anilines is 2. The highest BCUT2D eigenvalue weighted by atomic mass is 79.9. The van der Waals surface area contributed by atoms with Crippen molar-refractivity contribution >= 4 is 49.3 Å². The highest BCUT2D eigenvalue weighted by Gasteiger charge is 2.32. The average molecular weight is 422 g/mol. The van der Waals surface area contributed by atoms with Gasteiger partial charge in [0, 0.05) is 22.4 Å². The molecule has 5 nitrogen and oxygen atoms in total. The number of aromatic nitrogens is 1. The Bertz CT molecular complexity index is 812. The van der Waals surface area contributed by atoms with Gasteiger partial charge in [0.15, 0.2) is 0 Å². The maximum absolute atomic E-state index is 12.1. The number of nitriles is 1. The number of amides is 1. The van der Waals surface area contributed by atoms with Gasteiger partial charge in [-0.05, 0) is 33.6 Å². The summed E-state index contributed by atoms with van der Waals surface area (Å²) in [5, 5.41) is 12.1. The van der Waals surface area contributed by atoms with Gasteiger partial charge in [0.1, 0.15) is 22.1 Å². The van der Waals surface area contributed by atoms with E-state index in [-0.39, 0.29) is 18.2 Å². The van der Waals surface area contributed by atoms with Crippen molar-refractivity contribution in [3.05, 3.63) is 50.0 Å². The highest BCUT2D eigenvalue weighted by molar-refractivity contribution is 9.10. The molecule has 22 heavy (non-hydrogen) atoms. The normalized spacial score (nSPS) is 16.6. The van der Waals surface area contributed by atoms with Crippen LogP contribution in [0.5, 0.6) is 0 Å². The molecule has 1 amide bonds. The summed E-state index contributed by atoms with van der Waals surface area (Å²) in [5.74, 6) is -0.0484. The van der Waals surface area contributed by atoms with Crippen LogP contribution in [0.4, 0.5) is 11.5 Å². The summed E-state index contributed by atoms with van der Waals surface area (Å²) in [7, 11) is 0. The molecule has 2 heterocycles. The summed E-state index contributed by atoms with van der Waals surface area (Å²) in [6.45, 7) is 0. The highest BCUT2D eigenvalue weighted by Crippen LogP contribution is 2.43. The fourth-order valence-electron chi connectivity index (χ4n) is 2.63. The second kappa shape index (κ2) is 5.71. The van der Waals surface area contributed by atoms with E-state index in [1.165, 1.54) is 0 Å². The Labute approximate surface area is 143 Å². The van der Waals surface area contributed by atoms with E-state index in [1.54, 1.807) is 0 Å². The van der Waals surface area contributed by atoms with E-state index in [9.17, 15) is 10.1 Å². The fourth-order valence-corrected chi connectivity index (χ4v) is 3.37. The molecular formula is C15H10Br2N4O. The quantitative estimate of drug-likeness (QED) is 0.689. The number of pyridine rings is 1. The Morgan fingerprint density at radius 3 is 2.64 bits per heavy atom. The number of halogens is 2. The molecule has 0 bridgehead atoms. The van der Waals surface area contributed by atoms with E-state index in [1.807, 2.05) is 24.3 Å². The van der Waals surface area contributed by atoms with Crippen molar-refractivity contribution < 1.29 is 4.79 Å². The Kier molecular flexibility index (Phi) is 3.89. The molecule has 110 valence electrons. The molecule has 7 heteroatoms. The molecule has 1 aliphatic heterocycles. The molecule has 2 aromatic rings. The number of fused-ring (bicyclic) bond motifs is 1. The zero-order valence-electron chi connectivity index (χ0n) is 11.2. The predicted octanol–water partition coefficient (Wildman–Crippen LogP) is 3.53. The van der Waals surface area contributed by atoms with Crippen LogP contribution < -0.4 is 11.1 Å². The van der Waals surface area contributed by atoms with Crippen molar-refractivity contribution in [3.63, 3.8) is 0 Å². The first-order chi connectivity index (χ1) is 10.5. The van der Waals surface area contributed by atoms with Gasteiger partial charge >= 0.3 is 0 Å². The van der Waals surface area contributed by atoms with Gasteiger partial charge in [0.25, 0.3) is 0 Å². The number of carbonyl (C=O) groups is 1. The van der Waals surface area contributed by atoms with Crippen LogP contribution in [-0.4, -0.2) is 10.9 Å². The summed E-state index contributed by atoms with van der Waals surface area (Å²) < 4.78 is 1.29. The Morgan fingerprint density at radius 2 is 2.00 bits per heavy atom. The second-order valence-electron chi connectivity index (χ2n) is 4.92. The van der Waals surface area contributed by atoms with E-state index >= 15 is 0 Å². The largest absolute Gasteiger partial charge is 0.383 e. The van der Waals surface area contributed by atoms with Crippen LogP contribution in [0, 0.1) is 11.3 Å². The van der Waals surface area contributed by atoms with Crippen molar-refractivity contribution in [3.8, 4) is 6.07 Å². The minimum absolute atomic E-state index is 0.144. The van der Waals surface area contributed by atoms with Gasteiger partial charge in [-0.25, -0.2) is 4.98 Å². The molecule has 3 N–H and O–H groups in total. The van der Waals surface area contributed by atoms with Crippen molar-refractivity contribution in [2.45, 2.75) is 12.3 Å². The second-order valence-corrected chi connectivity index (χ2v) is 6.59. The van der Waals surface area contributed by atoms with Crippen LogP contribution >= 0.6 is 31.9 Å². The van der Waals surface area contributed by atoms with Crippen molar-refractivity contribution in [1.82, 2.24) is 4.98 Å². The molecule has 0 aliphatic carbocycles. The smallest absolute Gasteiger partial charge is 0.225 e. The van der Waals surface area contributed by atoms with Gasteiger partial charge in [-0.2, -0.15) is 5.26 Å². The summed E-state index contributed by atoms with van der Waals surface area (Å²) in [6, 6.07) is 9.76. The summed E-state index contributed by atoms with van der Waals surface area (Å²) in [5.41, 5.74) is 8.45. The lowest BCUT2D eigenvalue weighted by Gasteiger charge is -2.28. The number of nitrogens with two attached hydrogens (primary N) is 1. The van der Waals surface area contributed by atoms with Crippen molar-refractivity contribution in [2.75, 3.05) is 11.1 Å². The Balaban J connectivity index is 2.24. The average Bonchev–Trinajstić information content (AvgIpc) is 2.47. The molecule has 0 spiro atoms. The minimum Gasteiger partial charge on any atom is -0.383 e. The van der Waals surface area contributed by atoms with Crippen LogP contribution in [0.15, 0.2) is 33.3 Å². The third-order valence-electron chi connectivity index (χ3n) is 3.61. The summed E-state index contributed by atoms with van der Waals surface area (Å²) in [6.07, 6.45) is 0.271. The lowest BCUT2D eigenvalue weighted by Crippen LogP contribution is -2.26. The van der Waals surface area contributed by atoms with Crippen molar-refractivity contribution in [1.29, 1.82) is 5.26 Å². The lowest BCUT2D eigenvalue weighted by atomic mass is 9.84. The first kappa shape index (κ1) is 15.0. The van der Waals surface area contributed by atoms with E-state index in [2.05, 4.69) is 48.2 Å². The first-order valence-corrected chi connectivity index (χ1v) is 8.04. The van der Waals surface area contributed by atoms with Gasteiger partial charge in [0.2, 0.25) is 5.91 Å². The number of nitrogens with zero attached hydrogens (tertiary/aromatic N) is 2. The van der Waals surface area contributed by atoms with E-state index in [4.69, 9.17) is 5.73 Å². The number of nitrogens with one attached hydrogen (secondary N) is 1. The third-order valence-corrected chi connectivity index (χ3v) is 4.71. The van der Waals surface area contributed by atoms with Crippen LogP contribution in [-0.2, 0) is 4.79 Å². The first-order valence-electron chi connectivity index (χ1n) is 6.45. The lowest BCUT2D eigenvalue weighted by molar-refractivity contribution is -0.116. The Hall–Kier alpha value is -1.91.